The molecule has 0 aromatic heterocycles. The number of esters is 1. The highest BCUT2D eigenvalue weighted by Crippen LogP contribution is 2.45. The fourth-order valence-electron chi connectivity index (χ4n) is 5.95. The average molecular weight is 563 g/mol. The van der Waals surface area contributed by atoms with Gasteiger partial charge in [0.2, 0.25) is 11.5 Å². The van der Waals surface area contributed by atoms with Crippen molar-refractivity contribution in [1.82, 2.24) is 9.80 Å². The van der Waals surface area contributed by atoms with Crippen LogP contribution in [0.25, 0.3) is 0 Å². The van der Waals surface area contributed by atoms with E-state index >= 15 is 0 Å². The molecule has 1 saturated carbocycles. The Morgan fingerprint density at radius 3 is 2.44 bits per heavy atom. The van der Waals surface area contributed by atoms with Crippen LogP contribution in [-0.2, 0) is 42.4 Å². The van der Waals surface area contributed by atoms with Crippen LogP contribution in [0.2, 0.25) is 0 Å². The predicted molar refractivity (Wildman–Crippen MR) is 148 cm³/mol. The molecular weight excluding hydrogens is 527 g/mol. The number of imide groups is 1. The van der Waals surface area contributed by atoms with E-state index in [0.29, 0.717) is 44.1 Å². The molecule has 9 heteroatoms. The summed E-state index contributed by atoms with van der Waals surface area (Å²) in [5, 5.41) is 0. The van der Waals surface area contributed by atoms with E-state index in [-0.39, 0.29) is 18.4 Å². The van der Waals surface area contributed by atoms with E-state index < -0.39 is 41.6 Å². The van der Waals surface area contributed by atoms with Crippen LogP contribution in [-0.4, -0.2) is 51.9 Å². The maximum absolute atomic E-state index is 13.8. The average Bonchev–Trinajstić information content (AvgIpc) is 3.40. The van der Waals surface area contributed by atoms with Gasteiger partial charge in [0, 0.05) is 30.6 Å². The van der Waals surface area contributed by atoms with Gasteiger partial charge in [0.05, 0.1) is 0 Å². The van der Waals surface area contributed by atoms with E-state index in [4.69, 9.17) is 9.47 Å². The van der Waals surface area contributed by atoms with E-state index in [9.17, 15) is 23.6 Å². The number of nitrogens with zero attached hydrogens (tertiary/aromatic N) is 2. The first-order valence-corrected chi connectivity index (χ1v) is 14.0. The second-order valence-corrected chi connectivity index (χ2v) is 12.0. The summed E-state index contributed by atoms with van der Waals surface area (Å²) < 4.78 is 24.7. The van der Waals surface area contributed by atoms with Crippen molar-refractivity contribution in [3.63, 3.8) is 0 Å². The Bertz CT molecular complexity index is 1390. The van der Waals surface area contributed by atoms with Gasteiger partial charge in [-0.2, -0.15) is 0 Å². The number of hydrogen-bond donors (Lipinski definition) is 0. The molecule has 2 aromatic carbocycles. The molecule has 216 valence electrons. The molecular formula is C32H35FN2O6. The van der Waals surface area contributed by atoms with Gasteiger partial charge in [-0.3, -0.25) is 9.59 Å². The first kappa shape index (κ1) is 28.5. The second kappa shape index (κ2) is 11.1. The summed E-state index contributed by atoms with van der Waals surface area (Å²) in [5.41, 5.74) is 1.33. The third-order valence-corrected chi connectivity index (χ3v) is 7.92. The molecule has 0 bridgehead atoms. The summed E-state index contributed by atoms with van der Waals surface area (Å²) in [5.74, 6) is -1.69. The third kappa shape index (κ3) is 6.04. The molecule has 1 atom stereocenters. The second-order valence-electron chi connectivity index (χ2n) is 12.0. The minimum atomic E-state index is -1.39. The lowest BCUT2D eigenvalue weighted by Crippen LogP contribution is -2.48. The van der Waals surface area contributed by atoms with Crippen LogP contribution >= 0.6 is 0 Å². The van der Waals surface area contributed by atoms with E-state index in [2.05, 4.69) is 0 Å². The number of fused-ring (bicyclic) bond motifs is 2. The van der Waals surface area contributed by atoms with Crippen molar-refractivity contribution in [3.05, 3.63) is 82.7 Å². The van der Waals surface area contributed by atoms with Crippen molar-refractivity contribution in [2.75, 3.05) is 6.54 Å². The summed E-state index contributed by atoms with van der Waals surface area (Å²) in [4.78, 5) is 55.2. The van der Waals surface area contributed by atoms with Crippen LogP contribution in [0.5, 0.6) is 0 Å². The number of hydrogen-bond acceptors (Lipinski definition) is 6. The van der Waals surface area contributed by atoms with E-state index in [1.807, 2.05) is 32.9 Å². The lowest BCUT2D eigenvalue weighted by Gasteiger charge is -2.36. The number of carbonyl (C=O) groups is 4. The summed E-state index contributed by atoms with van der Waals surface area (Å²) in [7, 11) is 0. The van der Waals surface area contributed by atoms with Gasteiger partial charge >= 0.3 is 12.1 Å². The van der Waals surface area contributed by atoms with Crippen LogP contribution in [0.1, 0.15) is 69.6 Å². The zero-order chi connectivity index (χ0) is 29.4. The highest BCUT2D eigenvalue weighted by atomic mass is 19.1. The van der Waals surface area contributed by atoms with Gasteiger partial charge in [0.25, 0.3) is 5.91 Å². The molecule has 1 aliphatic heterocycles. The SMILES string of the molecule is CC(C)(C)OC(=O)C=C1CCC(N(Cc2ccc(F)cc2)C(=O)CN2C(=O)O[C@@]3(CCc4ccccc43)C2=O)CC1. The molecule has 5 rings (SSSR count). The van der Waals surface area contributed by atoms with Gasteiger partial charge in [-0.15, -0.1) is 0 Å². The van der Waals surface area contributed by atoms with Crippen LogP contribution in [0, 0.1) is 5.82 Å². The lowest BCUT2D eigenvalue weighted by atomic mass is 9.89. The van der Waals surface area contributed by atoms with E-state index in [0.717, 1.165) is 21.6 Å². The number of halogens is 1. The highest BCUT2D eigenvalue weighted by Gasteiger charge is 2.58. The quantitative estimate of drug-likeness (QED) is 0.356. The van der Waals surface area contributed by atoms with Crippen molar-refractivity contribution in [2.24, 2.45) is 0 Å². The van der Waals surface area contributed by atoms with Crippen LogP contribution in [0.3, 0.4) is 0 Å². The minimum absolute atomic E-state index is 0.194. The Morgan fingerprint density at radius 2 is 1.76 bits per heavy atom. The summed E-state index contributed by atoms with van der Waals surface area (Å²) in [6.07, 6.45) is 4.04. The van der Waals surface area contributed by atoms with Crippen molar-refractivity contribution in [2.45, 2.75) is 83.1 Å². The molecule has 0 N–H and O–H groups in total. The normalized spacial score (nSPS) is 22.0. The summed E-state index contributed by atoms with van der Waals surface area (Å²) in [6, 6.07) is 13.1. The van der Waals surface area contributed by atoms with Crippen molar-refractivity contribution in [1.29, 1.82) is 0 Å². The zero-order valence-electron chi connectivity index (χ0n) is 23.7. The molecule has 3 amide bonds. The smallest absolute Gasteiger partial charge is 0.418 e. The number of amides is 3. The zero-order valence-corrected chi connectivity index (χ0v) is 23.7. The molecule has 1 spiro atoms. The standard InChI is InChI=1S/C32H35FN2O6/c1-31(2,3)40-28(37)18-21-10-14-25(15-11-21)34(19-22-8-12-24(33)13-9-22)27(36)20-35-29(38)32(41-30(35)39)17-16-23-6-4-5-7-26(23)32/h4-9,12-13,18,25H,10-11,14-17,19-20H2,1-3H3/t25?,32-/m1/s1. The van der Waals surface area contributed by atoms with Gasteiger partial charge < -0.3 is 14.4 Å². The minimum Gasteiger partial charge on any atom is -0.457 e. The molecule has 3 aliphatic rings. The Hall–Kier alpha value is -4.01. The Kier molecular flexibility index (Phi) is 7.72. The summed E-state index contributed by atoms with van der Waals surface area (Å²) >= 11 is 0. The van der Waals surface area contributed by atoms with Crippen LogP contribution in [0.4, 0.5) is 9.18 Å². The molecule has 1 heterocycles. The van der Waals surface area contributed by atoms with Gasteiger partial charge in [0.15, 0.2) is 0 Å². The Labute approximate surface area is 239 Å². The first-order valence-electron chi connectivity index (χ1n) is 14.0. The molecule has 0 radical (unpaired) electrons. The maximum atomic E-state index is 13.8. The maximum Gasteiger partial charge on any atom is 0.418 e. The predicted octanol–water partition coefficient (Wildman–Crippen LogP) is 5.19. The van der Waals surface area contributed by atoms with Gasteiger partial charge in [0.1, 0.15) is 18.0 Å². The van der Waals surface area contributed by atoms with Crippen molar-refractivity contribution >= 4 is 23.9 Å². The number of carbonyl (C=O) groups excluding carboxylic acids is 4. The Balaban J connectivity index is 1.32. The molecule has 2 aromatic rings. The number of ether oxygens (including phenoxy) is 2. The lowest BCUT2D eigenvalue weighted by molar-refractivity contribution is -0.148. The molecule has 8 nitrogen and oxygen atoms in total. The number of aryl methyl sites for hydroxylation is 1. The van der Waals surface area contributed by atoms with Crippen molar-refractivity contribution in [3.8, 4) is 0 Å². The highest BCUT2D eigenvalue weighted by molar-refractivity contribution is 6.06. The summed E-state index contributed by atoms with van der Waals surface area (Å²) in [6.45, 7) is 5.19. The number of allylic oxidation sites excluding steroid dienone is 1. The molecule has 0 unspecified atom stereocenters. The van der Waals surface area contributed by atoms with E-state index in [1.165, 1.54) is 18.2 Å². The number of benzene rings is 2. The largest absolute Gasteiger partial charge is 0.457 e. The van der Waals surface area contributed by atoms with Crippen LogP contribution in [0.15, 0.2) is 60.2 Å². The Morgan fingerprint density at radius 1 is 1.07 bits per heavy atom. The molecule has 41 heavy (non-hydrogen) atoms. The van der Waals surface area contributed by atoms with Gasteiger partial charge in [-0.05, 0) is 76.1 Å². The monoisotopic (exact) mass is 562 g/mol. The van der Waals surface area contributed by atoms with Gasteiger partial charge in [-0.1, -0.05) is 42.0 Å². The molecule has 2 aliphatic carbocycles. The third-order valence-electron chi connectivity index (χ3n) is 7.92. The first-order chi connectivity index (χ1) is 19.4. The molecule has 2 fully saturated rings. The van der Waals surface area contributed by atoms with Crippen molar-refractivity contribution < 1.29 is 33.0 Å². The topological polar surface area (TPSA) is 93.2 Å². The van der Waals surface area contributed by atoms with Gasteiger partial charge in [-0.25, -0.2) is 18.9 Å². The molecule has 1 saturated heterocycles. The van der Waals surface area contributed by atoms with Crippen LogP contribution < -0.4 is 0 Å². The van der Waals surface area contributed by atoms with E-state index in [1.54, 1.807) is 29.2 Å². The number of rotatable bonds is 6. The fourth-order valence-corrected chi connectivity index (χ4v) is 5.95. The fraction of sp³-hybridized carbons (Fsp3) is 0.438.